The van der Waals surface area contributed by atoms with E-state index >= 15 is 0 Å². The molecular weight excluding hydrogens is 368 g/mol. The number of rotatable bonds is 6. The second-order valence-electron chi connectivity index (χ2n) is 9.06. The van der Waals surface area contributed by atoms with E-state index in [-0.39, 0.29) is 22.9 Å². The normalized spacial score (nSPS) is 29.6. The number of nitro groups is 1. The first-order valence-corrected chi connectivity index (χ1v) is 10.6. The fourth-order valence-electron chi connectivity index (χ4n) is 6.11. The minimum Gasteiger partial charge on any atom is -0.434 e. The first-order chi connectivity index (χ1) is 14.0. The van der Waals surface area contributed by atoms with E-state index in [4.69, 9.17) is 4.74 Å². The Hall–Kier alpha value is -2.70. The molecule has 0 amide bonds. The standard InChI is InChI=1S/C22H26N4O3/c1-2-14-3-5-18(6-4-14)29-21-19(26(27)28)20(23-13-24-21)25-22-10-15-7-16(11-22)9-17(8-15)12-22/h3-6,13,15-17H,2,7-12H2,1H3,(H,23,24,25). The van der Waals surface area contributed by atoms with E-state index in [1.54, 1.807) is 0 Å². The number of hydrogen-bond acceptors (Lipinski definition) is 6. The maximum Gasteiger partial charge on any atom is 0.373 e. The van der Waals surface area contributed by atoms with Crippen molar-refractivity contribution in [2.75, 3.05) is 5.32 Å². The molecule has 1 aromatic heterocycles. The lowest BCUT2D eigenvalue weighted by molar-refractivity contribution is -0.385. The van der Waals surface area contributed by atoms with Crippen LogP contribution in [0.5, 0.6) is 11.6 Å². The Morgan fingerprint density at radius 1 is 1.10 bits per heavy atom. The van der Waals surface area contributed by atoms with Gasteiger partial charge in [0.15, 0.2) is 0 Å². The quantitative estimate of drug-likeness (QED) is 0.540. The van der Waals surface area contributed by atoms with E-state index in [2.05, 4.69) is 22.2 Å². The van der Waals surface area contributed by atoms with Gasteiger partial charge in [0.2, 0.25) is 5.82 Å². The second-order valence-corrected chi connectivity index (χ2v) is 9.06. The van der Waals surface area contributed by atoms with E-state index in [9.17, 15) is 10.1 Å². The van der Waals surface area contributed by atoms with Crippen molar-refractivity contribution < 1.29 is 9.66 Å². The maximum atomic E-state index is 11.9. The molecule has 0 saturated heterocycles. The van der Waals surface area contributed by atoms with Gasteiger partial charge in [-0.2, -0.15) is 4.98 Å². The summed E-state index contributed by atoms with van der Waals surface area (Å²) in [5.41, 5.74) is 0.926. The van der Waals surface area contributed by atoms with Gasteiger partial charge in [0.25, 0.3) is 0 Å². The molecule has 7 nitrogen and oxygen atoms in total. The lowest BCUT2D eigenvalue weighted by atomic mass is 9.53. The van der Waals surface area contributed by atoms with Crippen molar-refractivity contribution in [3.8, 4) is 11.6 Å². The maximum absolute atomic E-state index is 11.9. The Labute approximate surface area is 170 Å². The first kappa shape index (κ1) is 18.3. The van der Waals surface area contributed by atoms with Gasteiger partial charge < -0.3 is 10.1 Å². The monoisotopic (exact) mass is 394 g/mol. The zero-order valence-electron chi connectivity index (χ0n) is 16.6. The van der Waals surface area contributed by atoms with Crippen LogP contribution in [0.4, 0.5) is 11.5 Å². The summed E-state index contributed by atoms with van der Waals surface area (Å²) in [6, 6.07) is 7.54. The van der Waals surface area contributed by atoms with E-state index in [1.807, 2.05) is 24.3 Å². The van der Waals surface area contributed by atoms with E-state index in [0.29, 0.717) is 5.75 Å². The largest absolute Gasteiger partial charge is 0.434 e. The van der Waals surface area contributed by atoms with Crippen LogP contribution in [0.2, 0.25) is 0 Å². The molecule has 1 N–H and O–H groups in total. The zero-order chi connectivity index (χ0) is 20.0. The van der Waals surface area contributed by atoms with Gasteiger partial charge in [0.1, 0.15) is 12.1 Å². The molecule has 4 bridgehead atoms. The van der Waals surface area contributed by atoms with E-state index < -0.39 is 4.92 Å². The lowest BCUT2D eigenvalue weighted by Gasteiger charge is -2.57. The third kappa shape index (κ3) is 3.43. The molecule has 29 heavy (non-hydrogen) atoms. The molecule has 6 rings (SSSR count). The van der Waals surface area contributed by atoms with Gasteiger partial charge in [-0.1, -0.05) is 19.1 Å². The fourth-order valence-corrected chi connectivity index (χ4v) is 6.11. The molecule has 2 aromatic rings. The summed E-state index contributed by atoms with van der Waals surface area (Å²) in [5.74, 6) is 3.02. The Balaban J connectivity index is 1.44. The van der Waals surface area contributed by atoms with Crippen LogP contribution in [-0.2, 0) is 6.42 Å². The number of nitrogens with one attached hydrogen (secondary N) is 1. The molecule has 0 spiro atoms. The van der Waals surface area contributed by atoms with Gasteiger partial charge in [-0.15, -0.1) is 0 Å². The number of benzene rings is 1. The van der Waals surface area contributed by atoms with Crippen molar-refractivity contribution in [2.45, 2.75) is 57.4 Å². The van der Waals surface area contributed by atoms with Crippen LogP contribution in [0, 0.1) is 27.9 Å². The zero-order valence-corrected chi connectivity index (χ0v) is 16.6. The SMILES string of the molecule is CCc1ccc(Oc2ncnc(NC34CC5CC(CC(C5)C3)C4)c2[N+](=O)[O-])cc1. The Kier molecular flexibility index (Phi) is 4.41. The molecule has 4 aliphatic carbocycles. The van der Waals surface area contributed by atoms with Crippen LogP contribution < -0.4 is 10.1 Å². The molecule has 1 heterocycles. The van der Waals surface area contributed by atoms with Gasteiger partial charge in [-0.3, -0.25) is 10.1 Å². The summed E-state index contributed by atoms with van der Waals surface area (Å²) in [4.78, 5) is 19.8. The van der Waals surface area contributed by atoms with Gasteiger partial charge in [0.05, 0.1) is 4.92 Å². The summed E-state index contributed by atoms with van der Waals surface area (Å²) >= 11 is 0. The molecule has 0 atom stereocenters. The molecule has 7 heteroatoms. The molecule has 0 aliphatic heterocycles. The molecule has 4 saturated carbocycles. The van der Waals surface area contributed by atoms with Crippen LogP contribution >= 0.6 is 0 Å². The summed E-state index contributed by atoms with van der Waals surface area (Å²) in [6.45, 7) is 2.08. The molecule has 0 radical (unpaired) electrons. The number of aromatic nitrogens is 2. The van der Waals surface area contributed by atoms with Crippen LogP contribution in [0.15, 0.2) is 30.6 Å². The molecule has 152 valence electrons. The highest BCUT2D eigenvalue weighted by Gasteiger charge is 2.51. The number of ether oxygens (including phenoxy) is 1. The third-order valence-corrected chi connectivity index (χ3v) is 6.94. The first-order valence-electron chi connectivity index (χ1n) is 10.6. The second kappa shape index (κ2) is 6.97. The lowest BCUT2D eigenvalue weighted by Crippen LogP contribution is -2.55. The minimum atomic E-state index is -0.432. The molecular formula is C22H26N4O3. The van der Waals surface area contributed by atoms with Gasteiger partial charge in [-0.25, -0.2) is 4.98 Å². The fraction of sp³-hybridized carbons (Fsp3) is 0.545. The van der Waals surface area contributed by atoms with Gasteiger partial charge in [0, 0.05) is 5.54 Å². The average molecular weight is 394 g/mol. The number of nitrogens with zero attached hydrogens (tertiary/aromatic N) is 3. The van der Waals surface area contributed by atoms with Crippen LogP contribution in [-0.4, -0.2) is 20.4 Å². The Morgan fingerprint density at radius 3 is 2.28 bits per heavy atom. The molecule has 4 aliphatic rings. The van der Waals surface area contributed by atoms with Crippen molar-refractivity contribution in [3.63, 3.8) is 0 Å². The van der Waals surface area contributed by atoms with Crippen molar-refractivity contribution in [1.29, 1.82) is 0 Å². The van der Waals surface area contributed by atoms with Crippen LogP contribution in [0.1, 0.15) is 51.0 Å². The molecule has 0 unspecified atom stereocenters. The minimum absolute atomic E-state index is 0.0125. The molecule has 4 fully saturated rings. The Morgan fingerprint density at radius 2 is 1.72 bits per heavy atom. The van der Waals surface area contributed by atoms with E-state index in [1.165, 1.54) is 31.2 Å². The average Bonchev–Trinajstić information content (AvgIpc) is 2.67. The highest BCUT2D eigenvalue weighted by atomic mass is 16.6. The van der Waals surface area contributed by atoms with E-state index in [0.717, 1.165) is 43.4 Å². The topological polar surface area (TPSA) is 90.2 Å². The highest BCUT2D eigenvalue weighted by Crippen LogP contribution is 2.57. The summed E-state index contributed by atoms with van der Waals surface area (Å²) in [5, 5.41) is 15.4. The molecule has 1 aromatic carbocycles. The highest BCUT2D eigenvalue weighted by molar-refractivity contribution is 5.63. The summed E-state index contributed by atoms with van der Waals surface area (Å²) < 4.78 is 5.80. The van der Waals surface area contributed by atoms with Crippen LogP contribution in [0.25, 0.3) is 0 Å². The van der Waals surface area contributed by atoms with Crippen molar-refractivity contribution >= 4 is 11.5 Å². The smallest absolute Gasteiger partial charge is 0.373 e. The van der Waals surface area contributed by atoms with Crippen molar-refractivity contribution in [2.24, 2.45) is 17.8 Å². The summed E-state index contributed by atoms with van der Waals surface area (Å²) in [6.07, 6.45) is 9.45. The number of aryl methyl sites for hydroxylation is 1. The third-order valence-electron chi connectivity index (χ3n) is 6.94. The van der Waals surface area contributed by atoms with Crippen molar-refractivity contribution in [1.82, 2.24) is 9.97 Å². The summed E-state index contributed by atoms with van der Waals surface area (Å²) in [7, 11) is 0. The predicted octanol–water partition coefficient (Wildman–Crippen LogP) is 5.12. The van der Waals surface area contributed by atoms with Gasteiger partial charge in [-0.05, 0) is 80.4 Å². The number of hydrogen-bond donors (Lipinski definition) is 1. The van der Waals surface area contributed by atoms with Crippen LogP contribution in [0.3, 0.4) is 0 Å². The van der Waals surface area contributed by atoms with Gasteiger partial charge >= 0.3 is 11.6 Å². The Bertz CT molecular complexity index is 893. The predicted molar refractivity (Wildman–Crippen MR) is 109 cm³/mol. The number of anilines is 1. The van der Waals surface area contributed by atoms with Crippen molar-refractivity contribution in [3.05, 3.63) is 46.3 Å².